The average molecular weight is 333 g/mol. The van der Waals surface area contributed by atoms with Gasteiger partial charge in [0.1, 0.15) is 0 Å². The minimum atomic E-state index is 0.107. The van der Waals surface area contributed by atoms with Gasteiger partial charge in [-0.3, -0.25) is 4.79 Å². The first kappa shape index (κ1) is 15.9. The van der Waals surface area contributed by atoms with Gasteiger partial charge >= 0.3 is 0 Å². The van der Waals surface area contributed by atoms with Crippen molar-refractivity contribution in [1.82, 2.24) is 14.9 Å². The van der Waals surface area contributed by atoms with E-state index in [4.69, 9.17) is 0 Å². The minimum absolute atomic E-state index is 0.107. The molecule has 1 heterocycles. The Balaban J connectivity index is 1.41. The second-order valence-corrected chi connectivity index (χ2v) is 6.97. The summed E-state index contributed by atoms with van der Waals surface area (Å²) in [5.41, 5.74) is 4.51. The fourth-order valence-corrected chi connectivity index (χ4v) is 3.33. The van der Waals surface area contributed by atoms with Crippen molar-refractivity contribution in [2.75, 3.05) is 0 Å². The van der Waals surface area contributed by atoms with Crippen molar-refractivity contribution in [3.05, 3.63) is 66.0 Å². The summed E-state index contributed by atoms with van der Waals surface area (Å²) >= 11 is 0. The number of nitrogens with zero attached hydrogens (tertiary/aromatic N) is 2. The van der Waals surface area contributed by atoms with E-state index in [1.54, 1.807) is 0 Å². The summed E-state index contributed by atoms with van der Waals surface area (Å²) in [7, 11) is 0. The van der Waals surface area contributed by atoms with Crippen molar-refractivity contribution in [3.8, 4) is 0 Å². The Morgan fingerprint density at radius 2 is 1.96 bits per heavy atom. The molecule has 0 aliphatic heterocycles. The van der Waals surface area contributed by atoms with Crippen LogP contribution in [0, 0.1) is 12.8 Å². The fourth-order valence-electron chi connectivity index (χ4n) is 3.33. The Kier molecular flexibility index (Phi) is 4.26. The summed E-state index contributed by atoms with van der Waals surface area (Å²) in [6.45, 7) is 2.74. The first-order valence-electron chi connectivity index (χ1n) is 8.96. The predicted octanol–water partition coefficient (Wildman–Crippen LogP) is 4.00. The Bertz CT molecular complexity index is 878. The van der Waals surface area contributed by atoms with Crippen LogP contribution in [0.5, 0.6) is 0 Å². The Morgan fingerprint density at radius 3 is 2.72 bits per heavy atom. The van der Waals surface area contributed by atoms with Gasteiger partial charge in [-0.05, 0) is 43.4 Å². The number of benzene rings is 2. The normalized spacial score (nSPS) is 15.2. The van der Waals surface area contributed by atoms with Gasteiger partial charge in [-0.1, -0.05) is 42.0 Å². The molecule has 1 aliphatic carbocycles. The van der Waals surface area contributed by atoms with Gasteiger partial charge in [0, 0.05) is 13.0 Å². The van der Waals surface area contributed by atoms with Crippen LogP contribution in [0.1, 0.15) is 36.4 Å². The summed E-state index contributed by atoms with van der Waals surface area (Å²) in [6, 6.07) is 16.7. The van der Waals surface area contributed by atoms with E-state index < -0.39 is 0 Å². The second kappa shape index (κ2) is 6.71. The molecule has 0 spiro atoms. The number of carbonyl (C=O) groups is 1. The summed E-state index contributed by atoms with van der Waals surface area (Å²) in [5.74, 6) is 0.691. The van der Waals surface area contributed by atoms with Crippen LogP contribution in [0.4, 0.5) is 0 Å². The molecule has 1 atom stereocenters. The lowest BCUT2D eigenvalue weighted by atomic mass is 10.0. The van der Waals surface area contributed by atoms with E-state index in [0.29, 0.717) is 18.9 Å². The number of amides is 1. The molecule has 1 saturated carbocycles. The number of hydrogen-bond acceptors (Lipinski definition) is 2. The van der Waals surface area contributed by atoms with Gasteiger partial charge in [-0.25, -0.2) is 4.98 Å². The van der Waals surface area contributed by atoms with E-state index in [9.17, 15) is 4.79 Å². The van der Waals surface area contributed by atoms with E-state index in [1.807, 2.05) is 35.2 Å². The van der Waals surface area contributed by atoms with Gasteiger partial charge in [0.05, 0.1) is 23.4 Å². The maximum absolute atomic E-state index is 12.5. The van der Waals surface area contributed by atoms with E-state index in [0.717, 1.165) is 11.0 Å². The number of aromatic nitrogens is 2. The third-order valence-electron chi connectivity index (χ3n) is 4.95. The quantitative estimate of drug-likeness (QED) is 0.741. The highest BCUT2D eigenvalue weighted by Crippen LogP contribution is 2.41. The van der Waals surface area contributed by atoms with Crippen LogP contribution in [-0.2, 0) is 11.3 Å². The van der Waals surface area contributed by atoms with Crippen molar-refractivity contribution in [3.63, 3.8) is 0 Å². The Morgan fingerprint density at radius 1 is 1.20 bits per heavy atom. The van der Waals surface area contributed by atoms with Crippen LogP contribution >= 0.6 is 0 Å². The van der Waals surface area contributed by atoms with E-state index in [2.05, 4.69) is 41.5 Å². The van der Waals surface area contributed by atoms with Crippen LogP contribution in [-0.4, -0.2) is 15.5 Å². The van der Waals surface area contributed by atoms with Gasteiger partial charge in [-0.15, -0.1) is 0 Å². The Labute approximate surface area is 147 Å². The molecule has 1 fully saturated rings. The SMILES string of the molecule is Cc1ccc(C(NC(=O)CCn2cnc3ccccc32)C2CC2)cc1. The summed E-state index contributed by atoms with van der Waals surface area (Å²) in [6.07, 6.45) is 4.68. The highest BCUT2D eigenvalue weighted by Gasteiger charge is 2.33. The lowest BCUT2D eigenvalue weighted by Gasteiger charge is -2.19. The van der Waals surface area contributed by atoms with Crippen LogP contribution in [0.2, 0.25) is 0 Å². The molecule has 1 aliphatic rings. The largest absolute Gasteiger partial charge is 0.349 e. The lowest BCUT2D eigenvalue weighted by molar-refractivity contribution is -0.122. The zero-order chi connectivity index (χ0) is 17.2. The van der Waals surface area contributed by atoms with Crippen molar-refractivity contribution >= 4 is 16.9 Å². The van der Waals surface area contributed by atoms with Crippen LogP contribution in [0.25, 0.3) is 11.0 Å². The molecule has 4 nitrogen and oxygen atoms in total. The molecule has 3 aromatic rings. The van der Waals surface area contributed by atoms with Crippen LogP contribution in [0.15, 0.2) is 54.9 Å². The highest BCUT2D eigenvalue weighted by atomic mass is 16.1. The lowest BCUT2D eigenvalue weighted by Crippen LogP contribution is -2.30. The molecule has 1 N–H and O–H groups in total. The number of carbonyl (C=O) groups excluding carboxylic acids is 1. The van der Waals surface area contributed by atoms with Crippen molar-refractivity contribution in [1.29, 1.82) is 0 Å². The molecule has 1 unspecified atom stereocenters. The molecule has 1 amide bonds. The monoisotopic (exact) mass is 333 g/mol. The smallest absolute Gasteiger partial charge is 0.222 e. The number of imidazole rings is 1. The van der Waals surface area contributed by atoms with Gasteiger partial charge in [0.25, 0.3) is 0 Å². The van der Waals surface area contributed by atoms with Crippen molar-refractivity contribution in [2.24, 2.45) is 5.92 Å². The third kappa shape index (κ3) is 3.58. The first-order valence-corrected chi connectivity index (χ1v) is 8.96. The molecule has 4 rings (SSSR count). The number of fused-ring (bicyclic) bond motifs is 1. The predicted molar refractivity (Wildman–Crippen MR) is 99.1 cm³/mol. The Hall–Kier alpha value is -2.62. The molecule has 4 heteroatoms. The van der Waals surface area contributed by atoms with Gasteiger partial charge in [0.15, 0.2) is 0 Å². The molecule has 25 heavy (non-hydrogen) atoms. The molecule has 128 valence electrons. The molecule has 0 radical (unpaired) electrons. The summed E-state index contributed by atoms with van der Waals surface area (Å²) in [5, 5.41) is 3.25. The minimum Gasteiger partial charge on any atom is -0.349 e. The number of nitrogens with one attached hydrogen (secondary N) is 1. The maximum atomic E-state index is 12.5. The van der Waals surface area contributed by atoms with E-state index in [-0.39, 0.29) is 11.9 Å². The summed E-state index contributed by atoms with van der Waals surface area (Å²) in [4.78, 5) is 16.9. The molecular weight excluding hydrogens is 310 g/mol. The topological polar surface area (TPSA) is 46.9 Å². The molecular formula is C21H23N3O. The third-order valence-corrected chi connectivity index (χ3v) is 4.95. The number of para-hydroxylation sites is 2. The molecule has 2 aromatic carbocycles. The number of rotatable bonds is 6. The van der Waals surface area contributed by atoms with Crippen molar-refractivity contribution in [2.45, 2.75) is 38.8 Å². The van der Waals surface area contributed by atoms with E-state index in [1.165, 1.54) is 24.0 Å². The number of hydrogen-bond donors (Lipinski definition) is 1. The average Bonchev–Trinajstić information content (AvgIpc) is 3.39. The van der Waals surface area contributed by atoms with Gasteiger partial charge in [0.2, 0.25) is 5.91 Å². The first-order chi connectivity index (χ1) is 12.2. The van der Waals surface area contributed by atoms with Crippen LogP contribution < -0.4 is 5.32 Å². The zero-order valence-corrected chi connectivity index (χ0v) is 14.5. The van der Waals surface area contributed by atoms with Crippen LogP contribution in [0.3, 0.4) is 0 Å². The standard InChI is InChI=1S/C21H23N3O/c1-15-6-8-16(9-7-15)21(17-10-11-17)23-20(25)12-13-24-14-22-18-4-2-3-5-19(18)24/h2-9,14,17,21H,10-13H2,1H3,(H,23,25). The van der Waals surface area contributed by atoms with Gasteiger partial charge in [-0.2, -0.15) is 0 Å². The van der Waals surface area contributed by atoms with Crippen molar-refractivity contribution < 1.29 is 4.79 Å². The molecule has 1 aromatic heterocycles. The molecule has 0 bridgehead atoms. The van der Waals surface area contributed by atoms with Gasteiger partial charge < -0.3 is 9.88 Å². The van der Waals surface area contributed by atoms with E-state index >= 15 is 0 Å². The highest BCUT2D eigenvalue weighted by molar-refractivity contribution is 5.78. The summed E-state index contributed by atoms with van der Waals surface area (Å²) < 4.78 is 2.05. The second-order valence-electron chi connectivity index (χ2n) is 6.97. The fraction of sp³-hybridized carbons (Fsp3) is 0.333. The zero-order valence-electron chi connectivity index (χ0n) is 14.5. The number of aryl methyl sites for hydroxylation is 2. The maximum Gasteiger partial charge on any atom is 0.222 e. The molecule has 0 saturated heterocycles.